The van der Waals surface area contributed by atoms with E-state index in [1.165, 1.54) is 46.0 Å². The van der Waals surface area contributed by atoms with Crippen LogP contribution in [0.15, 0.2) is 0 Å². The Morgan fingerprint density at radius 3 is 2.75 bits per heavy atom. The number of methoxy groups -OCH3 is 1. The van der Waals surface area contributed by atoms with Gasteiger partial charge >= 0.3 is 5.97 Å². The molecule has 16 heavy (non-hydrogen) atoms. The van der Waals surface area contributed by atoms with Crippen molar-refractivity contribution in [3.8, 4) is 0 Å². The molecule has 1 unspecified atom stereocenters. The van der Waals surface area contributed by atoms with Gasteiger partial charge in [-0.1, -0.05) is 6.92 Å². The van der Waals surface area contributed by atoms with Crippen molar-refractivity contribution >= 4 is 17.7 Å². The number of carbonyl (C=O) groups is 1. The fraction of sp³-hybridized carbons (Fsp3) is 0.917. The van der Waals surface area contributed by atoms with Gasteiger partial charge in [-0.3, -0.25) is 4.79 Å². The van der Waals surface area contributed by atoms with Crippen LogP contribution in [0.25, 0.3) is 0 Å². The first kappa shape index (κ1) is 13.8. The second-order valence-electron chi connectivity index (χ2n) is 4.36. The fourth-order valence-electron chi connectivity index (χ4n) is 1.96. The van der Waals surface area contributed by atoms with Crippen LogP contribution in [0, 0.1) is 0 Å². The molecule has 94 valence electrons. The van der Waals surface area contributed by atoms with Crippen molar-refractivity contribution in [2.75, 3.05) is 32.5 Å². The summed E-state index contributed by atoms with van der Waals surface area (Å²) in [7, 11) is 1.45. The number of nitrogens with zero attached hydrogens (tertiary/aromatic N) is 1. The lowest BCUT2D eigenvalue weighted by atomic mass is 10.3. The normalized spacial score (nSPS) is 18.6. The third-order valence-electron chi connectivity index (χ3n) is 2.90. The summed E-state index contributed by atoms with van der Waals surface area (Å²) >= 11 is 1.88. The van der Waals surface area contributed by atoms with Gasteiger partial charge in [0.15, 0.2) is 0 Å². The zero-order chi connectivity index (χ0) is 11.8. The summed E-state index contributed by atoms with van der Waals surface area (Å²) in [6, 6.07) is 0. The minimum Gasteiger partial charge on any atom is -0.469 e. The molecule has 0 aromatic carbocycles. The average Bonchev–Trinajstić information content (AvgIpc) is 2.77. The molecule has 0 aromatic rings. The Labute approximate surface area is 103 Å². The van der Waals surface area contributed by atoms with Gasteiger partial charge in [0.25, 0.3) is 0 Å². The Morgan fingerprint density at radius 1 is 1.44 bits per heavy atom. The van der Waals surface area contributed by atoms with Gasteiger partial charge in [0.1, 0.15) is 0 Å². The van der Waals surface area contributed by atoms with Crippen LogP contribution < -0.4 is 0 Å². The number of likely N-dealkylation sites (tertiary alicyclic amines) is 1. The van der Waals surface area contributed by atoms with Crippen molar-refractivity contribution in [1.29, 1.82) is 0 Å². The van der Waals surface area contributed by atoms with Gasteiger partial charge in [0.05, 0.1) is 13.5 Å². The Hall–Kier alpha value is -0.220. The molecule has 4 heteroatoms. The molecule has 0 spiro atoms. The molecule has 1 saturated heterocycles. The van der Waals surface area contributed by atoms with Crippen molar-refractivity contribution in [1.82, 2.24) is 4.90 Å². The first-order valence-electron chi connectivity index (χ1n) is 6.13. The molecule has 1 aliphatic heterocycles. The van der Waals surface area contributed by atoms with Gasteiger partial charge < -0.3 is 9.64 Å². The second kappa shape index (κ2) is 7.96. The van der Waals surface area contributed by atoms with Crippen LogP contribution in [0.2, 0.25) is 0 Å². The van der Waals surface area contributed by atoms with E-state index in [4.69, 9.17) is 0 Å². The van der Waals surface area contributed by atoms with E-state index in [2.05, 4.69) is 16.6 Å². The van der Waals surface area contributed by atoms with E-state index < -0.39 is 0 Å². The lowest BCUT2D eigenvalue weighted by Gasteiger charge is -2.15. The van der Waals surface area contributed by atoms with E-state index >= 15 is 0 Å². The summed E-state index contributed by atoms with van der Waals surface area (Å²) in [5, 5.41) is 0.381. The van der Waals surface area contributed by atoms with Crippen molar-refractivity contribution < 1.29 is 9.53 Å². The molecule has 1 heterocycles. The number of rotatable bonds is 7. The van der Waals surface area contributed by atoms with E-state index in [0.29, 0.717) is 11.7 Å². The van der Waals surface area contributed by atoms with E-state index in [0.717, 1.165) is 5.75 Å². The SMILES string of the molecule is COC(=O)CC(C)SCCCN1CCCC1. The third kappa shape index (κ3) is 5.75. The molecule has 0 radical (unpaired) electrons. The Morgan fingerprint density at radius 2 is 2.12 bits per heavy atom. The first-order chi connectivity index (χ1) is 7.72. The first-order valence-corrected chi connectivity index (χ1v) is 7.18. The van der Waals surface area contributed by atoms with Crippen LogP contribution in [0.5, 0.6) is 0 Å². The van der Waals surface area contributed by atoms with E-state index in [1.54, 1.807) is 0 Å². The van der Waals surface area contributed by atoms with Gasteiger partial charge in [-0.05, 0) is 44.6 Å². The van der Waals surface area contributed by atoms with Crippen LogP contribution in [-0.4, -0.2) is 48.6 Å². The monoisotopic (exact) mass is 245 g/mol. The average molecular weight is 245 g/mol. The minimum atomic E-state index is -0.0976. The number of carbonyl (C=O) groups excluding carboxylic acids is 1. The van der Waals surface area contributed by atoms with E-state index in [9.17, 15) is 4.79 Å². The maximum absolute atomic E-state index is 11.0. The van der Waals surface area contributed by atoms with Crippen molar-refractivity contribution in [2.45, 2.75) is 37.9 Å². The summed E-state index contributed by atoms with van der Waals surface area (Å²) in [6.07, 6.45) is 4.50. The number of ether oxygens (including phenoxy) is 1. The molecule has 1 aliphatic rings. The van der Waals surface area contributed by atoms with Crippen molar-refractivity contribution in [2.24, 2.45) is 0 Å². The van der Waals surface area contributed by atoms with Crippen LogP contribution in [0.4, 0.5) is 0 Å². The number of hydrogen-bond donors (Lipinski definition) is 0. The number of hydrogen-bond acceptors (Lipinski definition) is 4. The van der Waals surface area contributed by atoms with Gasteiger partial charge in [-0.15, -0.1) is 0 Å². The zero-order valence-corrected chi connectivity index (χ0v) is 11.2. The highest BCUT2D eigenvalue weighted by molar-refractivity contribution is 7.99. The Kier molecular flexibility index (Phi) is 6.88. The van der Waals surface area contributed by atoms with Gasteiger partial charge in [0, 0.05) is 5.25 Å². The van der Waals surface area contributed by atoms with Crippen LogP contribution in [-0.2, 0) is 9.53 Å². The lowest BCUT2D eigenvalue weighted by Crippen LogP contribution is -2.21. The van der Waals surface area contributed by atoms with E-state index in [1.807, 2.05) is 11.8 Å². The molecule has 0 amide bonds. The summed E-state index contributed by atoms with van der Waals surface area (Å²) in [5.74, 6) is 1.05. The molecule has 1 fully saturated rings. The standard InChI is InChI=1S/C12H23NO2S/c1-11(10-12(14)15-2)16-9-5-8-13-6-3-4-7-13/h11H,3-10H2,1-2H3. The third-order valence-corrected chi connectivity index (χ3v) is 4.16. The maximum atomic E-state index is 11.0. The van der Waals surface area contributed by atoms with Gasteiger partial charge in [0.2, 0.25) is 0 Å². The molecule has 0 aromatic heterocycles. The summed E-state index contributed by atoms with van der Waals surface area (Å²) in [5.41, 5.74) is 0. The fourth-order valence-corrected chi connectivity index (χ4v) is 2.91. The van der Waals surface area contributed by atoms with E-state index in [-0.39, 0.29) is 5.97 Å². The zero-order valence-electron chi connectivity index (χ0n) is 10.4. The molecule has 0 aliphatic carbocycles. The molecular formula is C12H23NO2S. The van der Waals surface area contributed by atoms with Gasteiger partial charge in [-0.25, -0.2) is 0 Å². The maximum Gasteiger partial charge on any atom is 0.306 e. The smallest absolute Gasteiger partial charge is 0.306 e. The molecule has 0 bridgehead atoms. The van der Waals surface area contributed by atoms with Gasteiger partial charge in [-0.2, -0.15) is 11.8 Å². The number of esters is 1. The Balaban J connectivity index is 1.95. The molecule has 0 saturated carbocycles. The molecule has 1 atom stereocenters. The van der Waals surface area contributed by atoms with Crippen LogP contribution in [0.1, 0.15) is 32.6 Å². The predicted molar refractivity (Wildman–Crippen MR) is 68.8 cm³/mol. The van der Waals surface area contributed by atoms with Crippen molar-refractivity contribution in [3.63, 3.8) is 0 Å². The summed E-state index contributed by atoms with van der Waals surface area (Å²) < 4.78 is 4.65. The highest BCUT2D eigenvalue weighted by atomic mass is 32.2. The highest BCUT2D eigenvalue weighted by Crippen LogP contribution is 2.16. The molecule has 3 nitrogen and oxygen atoms in total. The number of thioether (sulfide) groups is 1. The van der Waals surface area contributed by atoms with Crippen LogP contribution in [0.3, 0.4) is 0 Å². The molecular weight excluding hydrogens is 222 g/mol. The summed E-state index contributed by atoms with van der Waals surface area (Å²) in [6.45, 7) is 5.88. The largest absolute Gasteiger partial charge is 0.469 e. The molecule has 0 N–H and O–H groups in total. The lowest BCUT2D eigenvalue weighted by molar-refractivity contribution is -0.140. The summed E-state index contributed by atoms with van der Waals surface area (Å²) in [4.78, 5) is 13.6. The quantitative estimate of drug-likeness (QED) is 0.508. The topological polar surface area (TPSA) is 29.5 Å². The Bertz CT molecular complexity index is 205. The van der Waals surface area contributed by atoms with Crippen LogP contribution >= 0.6 is 11.8 Å². The predicted octanol–water partition coefficient (Wildman–Crippen LogP) is 2.16. The highest BCUT2D eigenvalue weighted by Gasteiger charge is 2.12. The molecule has 1 rings (SSSR count). The second-order valence-corrected chi connectivity index (χ2v) is 5.91. The minimum absolute atomic E-state index is 0.0976. The van der Waals surface area contributed by atoms with Crippen molar-refractivity contribution in [3.05, 3.63) is 0 Å².